The minimum absolute atomic E-state index is 0.0121. The van der Waals surface area contributed by atoms with Crippen LogP contribution in [0.2, 0.25) is 0 Å². The molecule has 2 saturated heterocycles. The number of hydrogen-bond donors (Lipinski definition) is 1. The lowest BCUT2D eigenvalue weighted by atomic mass is 9.80. The van der Waals surface area contributed by atoms with Crippen LogP contribution >= 0.6 is 0 Å². The highest BCUT2D eigenvalue weighted by Crippen LogP contribution is 2.47. The molecule has 9 nitrogen and oxygen atoms in total. The highest BCUT2D eigenvalue weighted by Gasteiger charge is 2.49. The predicted octanol–water partition coefficient (Wildman–Crippen LogP) is 2.14. The maximum Gasteiger partial charge on any atom is 0.254 e. The van der Waals surface area contributed by atoms with Crippen molar-refractivity contribution in [2.45, 2.75) is 5.41 Å². The molecule has 33 heavy (non-hydrogen) atoms. The smallest absolute Gasteiger partial charge is 0.254 e. The van der Waals surface area contributed by atoms with Crippen LogP contribution in [-0.2, 0) is 14.9 Å². The van der Waals surface area contributed by atoms with E-state index in [-0.39, 0.29) is 17.2 Å². The average Bonchev–Trinajstić information content (AvgIpc) is 3.20. The van der Waals surface area contributed by atoms with Gasteiger partial charge in [0, 0.05) is 54.9 Å². The number of amides is 1. The summed E-state index contributed by atoms with van der Waals surface area (Å²) in [5, 5.41) is 9.66. The van der Waals surface area contributed by atoms with Crippen molar-refractivity contribution in [3.05, 3.63) is 59.9 Å². The second-order valence-corrected chi connectivity index (χ2v) is 8.65. The van der Waals surface area contributed by atoms with Crippen LogP contribution in [-0.4, -0.2) is 76.9 Å². The molecule has 1 spiro atoms. The van der Waals surface area contributed by atoms with Crippen LogP contribution in [0.4, 0.5) is 11.6 Å². The number of carbonyl (C=O) groups is 1. The van der Waals surface area contributed by atoms with Gasteiger partial charge < -0.3 is 24.4 Å². The van der Waals surface area contributed by atoms with Crippen molar-refractivity contribution in [1.29, 1.82) is 0 Å². The fourth-order valence-corrected chi connectivity index (χ4v) is 4.71. The first-order chi connectivity index (χ1) is 16.1. The Morgan fingerprint density at radius 2 is 1.82 bits per heavy atom. The molecule has 3 aliphatic heterocycles. The molecular formula is C24H23N5O4. The zero-order valence-electron chi connectivity index (χ0n) is 18.0. The normalized spacial score (nSPS) is 18.8. The monoisotopic (exact) mass is 445 g/mol. The van der Waals surface area contributed by atoms with E-state index in [0.29, 0.717) is 68.8 Å². The number of morpholine rings is 1. The van der Waals surface area contributed by atoms with Gasteiger partial charge in [-0.05, 0) is 23.8 Å². The second kappa shape index (κ2) is 7.79. The molecule has 0 radical (unpaired) electrons. The third-order valence-electron chi connectivity index (χ3n) is 6.53. The fraction of sp³-hybridized carbons (Fsp3) is 0.333. The van der Waals surface area contributed by atoms with Gasteiger partial charge in [0.15, 0.2) is 0 Å². The summed E-state index contributed by atoms with van der Waals surface area (Å²) in [6, 6.07) is 11.0. The van der Waals surface area contributed by atoms with Gasteiger partial charge in [-0.3, -0.25) is 4.79 Å². The van der Waals surface area contributed by atoms with Crippen molar-refractivity contribution >= 4 is 17.5 Å². The van der Waals surface area contributed by atoms with Crippen LogP contribution < -0.4 is 4.90 Å². The lowest BCUT2D eigenvalue weighted by Crippen LogP contribution is -2.49. The summed E-state index contributed by atoms with van der Waals surface area (Å²) in [5.41, 5.74) is 3.97. The number of benzene rings is 1. The van der Waals surface area contributed by atoms with Crippen molar-refractivity contribution in [3.8, 4) is 17.1 Å². The number of fused-ring (bicyclic) bond motifs is 2. The largest absolute Gasteiger partial charge is 0.493 e. The van der Waals surface area contributed by atoms with E-state index >= 15 is 0 Å². The number of hydrogen-bond acceptors (Lipinski definition) is 8. The molecule has 0 atom stereocenters. The van der Waals surface area contributed by atoms with Gasteiger partial charge in [0.1, 0.15) is 0 Å². The summed E-state index contributed by atoms with van der Waals surface area (Å²) >= 11 is 0. The molecule has 0 aliphatic carbocycles. The van der Waals surface area contributed by atoms with Crippen molar-refractivity contribution < 1.29 is 19.4 Å². The summed E-state index contributed by atoms with van der Waals surface area (Å²) in [4.78, 5) is 30.3. The summed E-state index contributed by atoms with van der Waals surface area (Å²) in [6.07, 6.45) is 3.41. The van der Waals surface area contributed by atoms with Gasteiger partial charge in [0.05, 0.1) is 37.5 Å². The van der Waals surface area contributed by atoms with E-state index in [1.54, 1.807) is 24.5 Å². The molecule has 168 valence electrons. The lowest BCUT2D eigenvalue weighted by molar-refractivity contribution is -0.0507. The molecule has 2 fully saturated rings. The molecule has 3 aromatic rings. The first kappa shape index (κ1) is 20.1. The molecule has 0 bridgehead atoms. The average molecular weight is 445 g/mol. The quantitative estimate of drug-likeness (QED) is 0.655. The van der Waals surface area contributed by atoms with Gasteiger partial charge in [-0.1, -0.05) is 12.1 Å². The van der Waals surface area contributed by atoms with Gasteiger partial charge in [-0.2, -0.15) is 0 Å². The molecule has 0 unspecified atom stereocenters. The number of aromatic nitrogens is 3. The van der Waals surface area contributed by atoms with E-state index in [1.165, 1.54) is 6.07 Å². The Morgan fingerprint density at radius 3 is 2.52 bits per heavy atom. The van der Waals surface area contributed by atoms with Crippen LogP contribution in [0.5, 0.6) is 5.88 Å². The number of nitrogens with zero attached hydrogens (tertiary/aromatic N) is 5. The molecule has 5 heterocycles. The lowest BCUT2D eigenvalue weighted by Gasteiger charge is -2.38. The summed E-state index contributed by atoms with van der Waals surface area (Å²) in [5.74, 6) is 0.521. The Labute approximate surface area is 190 Å². The Kier molecular flexibility index (Phi) is 4.74. The van der Waals surface area contributed by atoms with Gasteiger partial charge in [0.2, 0.25) is 11.8 Å². The molecule has 1 N–H and O–H groups in total. The van der Waals surface area contributed by atoms with E-state index in [9.17, 15) is 9.90 Å². The van der Waals surface area contributed by atoms with Gasteiger partial charge in [-0.25, -0.2) is 15.0 Å². The number of pyridine rings is 1. The Bertz CT molecular complexity index is 1210. The van der Waals surface area contributed by atoms with E-state index in [0.717, 1.165) is 11.3 Å². The summed E-state index contributed by atoms with van der Waals surface area (Å²) in [6.45, 7) is 4.31. The van der Waals surface area contributed by atoms with Gasteiger partial charge in [-0.15, -0.1) is 0 Å². The Hall–Kier alpha value is -3.56. The maximum atomic E-state index is 13.1. The van der Waals surface area contributed by atoms with Crippen molar-refractivity contribution in [1.82, 2.24) is 19.9 Å². The fourth-order valence-electron chi connectivity index (χ4n) is 4.71. The van der Waals surface area contributed by atoms with E-state index in [1.807, 2.05) is 17.0 Å². The molecule has 1 aromatic carbocycles. The highest BCUT2D eigenvalue weighted by atomic mass is 16.5. The SMILES string of the molecule is O=C(c1ccc2c(c1)N(c1ncc(-c3cccc(O)n3)cn1)CC21COC1)N1CCOCC1. The Morgan fingerprint density at radius 1 is 1.03 bits per heavy atom. The topological polar surface area (TPSA) is 101 Å². The highest BCUT2D eigenvalue weighted by molar-refractivity contribution is 5.96. The molecule has 3 aliphatic rings. The third kappa shape index (κ3) is 3.40. The van der Waals surface area contributed by atoms with Crippen molar-refractivity contribution in [3.63, 3.8) is 0 Å². The number of rotatable bonds is 3. The van der Waals surface area contributed by atoms with Crippen LogP contribution in [0.15, 0.2) is 48.8 Å². The maximum absolute atomic E-state index is 13.1. The Balaban J connectivity index is 1.34. The van der Waals surface area contributed by atoms with E-state index in [2.05, 4.69) is 25.9 Å². The van der Waals surface area contributed by atoms with E-state index < -0.39 is 0 Å². The van der Waals surface area contributed by atoms with Crippen LogP contribution in [0.25, 0.3) is 11.3 Å². The van der Waals surface area contributed by atoms with Crippen LogP contribution in [0, 0.1) is 0 Å². The van der Waals surface area contributed by atoms with Gasteiger partial charge in [0.25, 0.3) is 5.91 Å². The standard InChI is InChI=1S/C24H23N5O4/c30-21-3-1-2-19(27-21)17-11-25-23(26-12-17)29-13-24(14-33-15-24)18-5-4-16(10-20(18)29)22(31)28-6-8-32-9-7-28/h1-5,10-12H,6-9,13-15H2,(H,27,30). The molecule has 2 aromatic heterocycles. The minimum Gasteiger partial charge on any atom is -0.493 e. The van der Waals surface area contributed by atoms with E-state index in [4.69, 9.17) is 9.47 Å². The second-order valence-electron chi connectivity index (χ2n) is 8.65. The number of anilines is 2. The first-order valence-electron chi connectivity index (χ1n) is 11.0. The first-order valence-corrected chi connectivity index (χ1v) is 11.0. The minimum atomic E-state index is -0.106. The van der Waals surface area contributed by atoms with Gasteiger partial charge >= 0.3 is 0 Å². The zero-order valence-corrected chi connectivity index (χ0v) is 18.0. The third-order valence-corrected chi connectivity index (χ3v) is 6.53. The number of aromatic hydroxyl groups is 1. The zero-order chi connectivity index (χ0) is 22.4. The molecule has 9 heteroatoms. The van der Waals surface area contributed by atoms with Crippen molar-refractivity contribution in [2.75, 3.05) is 51.0 Å². The summed E-state index contributed by atoms with van der Waals surface area (Å²) < 4.78 is 11.0. The molecule has 1 amide bonds. The molecular weight excluding hydrogens is 422 g/mol. The summed E-state index contributed by atoms with van der Waals surface area (Å²) in [7, 11) is 0. The number of ether oxygens (including phenoxy) is 2. The number of carbonyl (C=O) groups excluding carboxylic acids is 1. The van der Waals surface area contributed by atoms with Crippen molar-refractivity contribution in [2.24, 2.45) is 0 Å². The van der Waals surface area contributed by atoms with Crippen LogP contribution in [0.1, 0.15) is 15.9 Å². The van der Waals surface area contributed by atoms with Crippen LogP contribution in [0.3, 0.4) is 0 Å². The predicted molar refractivity (Wildman–Crippen MR) is 120 cm³/mol. The molecule has 6 rings (SSSR count). The molecule has 0 saturated carbocycles.